The number of amides is 1. The summed E-state index contributed by atoms with van der Waals surface area (Å²) in [5, 5.41) is 6.42. The molecule has 0 radical (unpaired) electrons. The number of anilines is 2. The predicted molar refractivity (Wildman–Crippen MR) is 126 cm³/mol. The molecule has 2 saturated carbocycles. The topological polar surface area (TPSA) is 96.5 Å². The molecule has 0 atom stereocenters. The summed E-state index contributed by atoms with van der Waals surface area (Å²) in [7, 11) is -4.23. The number of benzene rings is 2. The van der Waals surface area contributed by atoms with Crippen molar-refractivity contribution in [3.63, 3.8) is 0 Å². The van der Waals surface area contributed by atoms with Crippen LogP contribution in [0.15, 0.2) is 35.2 Å². The van der Waals surface area contributed by atoms with Gasteiger partial charge in [-0.05, 0) is 55.5 Å². The number of nitrogens with one attached hydrogen (secondary N) is 3. The molecule has 0 unspecified atom stereocenters. The molecule has 34 heavy (non-hydrogen) atoms. The first-order valence-corrected chi connectivity index (χ1v) is 13.4. The predicted octanol–water partition coefficient (Wildman–Crippen LogP) is 4.17. The maximum Gasteiger partial charge on any atom is 0.264 e. The second-order valence-corrected chi connectivity index (χ2v) is 12.2. The highest BCUT2D eigenvalue weighted by Crippen LogP contribution is 2.54. The van der Waals surface area contributed by atoms with Crippen molar-refractivity contribution in [3.05, 3.63) is 46.7 Å². The van der Waals surface area contributed by atoms with E-state index in [1.165, 1.54) is 6.07 Å². The van der Waals surface area contributed by atoms with Crippen molar-refractivity contribution >= 4 is 38.9 Å². The third kappa shape index (κ3) is 3.39. The molecule has 10 heteroatoms. The summed E-state index contributed by atoms with van der Waals surface area (Å²) in [6, 6.07) is 6.70. The van der Waals surface area contributed by atoms with Crippen LogP contribution in [-0.4, -0.2) is 33.5 Å². The van der Waals surface area contributed by atoms with Gasteiger partial charge in [-0.2, -0.15) is 0 Å². The Morgan fingerprint density at radius 1 is 1.12 bits per heavy atom. The Labute approximate surface area is 202 Å². The van der Waals surface area contributed by atoms with Crippen LogP contribution in [-0.2, 0) is 20.2 Å². The van der Waals surface area contributed by atoms with E-state index in [4.69, 9.17) is 16.3 Å². The first kappa shape index (κ1) is 22.1. The normalized spacial score (nSPS) is 22.2. The van der Waals surface area contributed by atoms with Crippen LogP contribution in [0.2, 0.25) is 5.02 Å². The van der Waals surface area contributed by atoms with Crippen molar-refractivity contribution in [2.75, 3.05) is 23.1 Å². The zero-order valence-corrected chi connectivity index (χ0v) is 20.0. The number of hydrogen-bond donors (Lipinski definition) is 3. The molecule has 4 aliphatic rings. The molecule has 0 bridgehead atoms. The molecule has 2 aromatic carbocycles. The summed E-state index contributed by atoms with van der Waals surface area (Å²) in [5.74, 6) is -0.548. The average Bonchev–Trinajstić information content (AvgIpc) is 3.30. The Bertz CT molecular complexity index is 1300. The molecule has 1 saturated heterocycles. The lowest BCUT2D eigenvalue weighted by molar-refractivity contribution is -0.120. The maximum absolute atomic E-state index is 14.4. The highest BCUT2D eigenvalue weighted by Gasteiger charge is 2.52. The van der Waals surface area contributed by atoms with Crippen LogP contribution in [0.3, 0.4) is 0 Å². The van der Waals surface area contributed by atoms with Gasteiger partial charge in [-0.25, -0.2) is 12.8 Å². The quantitative estimate of drug-likeness (QED) is 0.566. The summed E-state index contributed by atoms with van der Waals surface area (Å²) >= 11 is 5.78. The van der Waals surface area contributed by atoms with Crippen molar-refractivity contribution in [1.29, 1.82) is 0 Å². The SMILES string of the molecule is O=C1Nc2c(OC3CC4(CNC4)C3)cc(NS(=O)(=O)c3ccc(Cl)cc3F)cc2C12CCCC2. The molecular formula is C24H25ClFN3O4S. The van der Waals surface area contributed by atoms with Crippen LogP contribution in [0.1, 0.15) is 44.1 Å². The van der Waals surface area contributed by atoms with E-state index in [1.54, 1.807) is 12.1 Å². The second-order valence-electron chi connectivity index (χ2n) is 10.1. The first-order valence-electron chi connectivity index (χ1n) is 11.6. The zero-order chi connectivity index (χ0) is 23.7. The second kappa shape index (κ2) is 7.57. The molecule has 3 fully saturated rings. The Hall–Kier alpha value is -2.36. The van der Waals surface area contributed by atoms with Crippen molar-refractivity contribution < 1.29 is 22.3 Å². The van der Waals surface area contributed by atoms with Gasteiger partial charge >= 0.3 is 0 Å². The molecule has 1 amide bonds. The van der Waals surface area contributed by atoms with Gasteiger partial charge in [-0.15, -0.1) is 0 Å². The van der Waals surface area contributed by atoms with Gasteiger partial charge in [0.1, 0.15) is 22.6 Å². The van der Waals surface area contributed by atoms with Crippen LogP contribution in [0.4, 0.5) is 15.8 Å². The van der Waals surface area contributed by atoms with Gasteiger partial charge in [0.25, 0.3) is 10.0 Å². The monoisotopic (exact) mass is 505 g/mol. The first-order chi connectivity index (χ1) is 16.2. The van der Waals surface area contributed by atoms with Gasteiger partial charge in [0.2, 0.25) is 5.91 Å². The largest absolute Gasteiger partial charge is 0.488 e. The highest BCUT2D eigenvalue weighted by molar-refractivity contribution is 7.92. The van der Waals surface area contributed by atoms with Gasteiger partial charge in [0.15, 0.2) is 0 Å². The van der Waals surface area contributed by atoms with Gasteiger partial charge in [0, 0.05) is 29.6 Å². The number of fused-ring (bicyclic) bond motifs is 2. The van der Waals surface area contributed by atoms with Crippen molar-refractivity contribution in [2.45, 2.75) is 54.9 Å². The number of carbonyl (C=O) groups is 1. The zero-order valence-electron chi connectivity index (χ0n) is 18.4. The van der Waals surface area contributed by atoms with E-state index >= 15 is 0 Å². The molecule has 6 rings (SSSR count). The van der Waals surface area contributed by atoms with Gasteiger partial charge in [-0.3, -0.25) is 9.52 Å². The number of ether oxygens (including phenoxy) is 1. The molecule has 0 aromatic heterocycles. The molecule has 2 heterocycles. The Balaban J connectivity index is 1.37. The van der Waals surface area contributed by atoms with Crippen LogP contribution >= 0.6 is 11.6 Å². The summed E-state index contributed by atoms with van der Waals surface area (Å²) in [4.78, 5) is 12.6. The van der Waals surface area contributed by atoms with Crippen LogP contribution < -0.4 is 20.1 Å². The fourth-order valence-electron chi connectivity index (χ4n) is 5.94. The number of sulfonamides is 1. The lowest BCUT2D eigenvalue weighted by Gasteiger charge is -2.53. The van der Waals surface area contributed by atoms with Gasteiger partial charge in [-0.1, -0.05) is 24.4 Å². The van der Waals surface area contributed by atoms with E-state index < -0.39 is 26.2 Å². The van der Waals surface area contributed by atoms with E-state index in [-0.39, 0.29) is 22.7 Å². The summed E-state index contributed by atoms with van der Waals surface area (Å²) < 4.78 is 49.2. The van der Waals surface area contributed by atoms with Gasteiger partial charge < -0.3 is 15.4 Å². The third-order valence-corrected chi connectivity index (χ3v) is 9.45. The number of halogens is 2. The number of carbonyl (C=O) groups excluding carboxylic acids is 1. The molecule has 2 spiro atoms. The van der Waals surface area contributed by atoms with Crippen LogP contribution in [0.25, 0.3) is 0 Å². The lowest BCUT2D eigenvalue weighted by Crippen LogP contribution is -2.62. The van der Waals surface area contributed by atoms with Crippen LogP contribution in [0.5, 0.6) is 5.75 Å². The lowest BCUT2D eigenvalue weighted by atomic mass is 9.63. The molecule has 2 aromatic rings. The molecule has 180 valence electrons. The molecule has 2 aliphatic carbocycles. The smallest absolute Gasteiger partial charge is 0.264 e. The van der Waals surface area contributed by atoms with Crippen LogP contribution in [0, 0.1) is 11.2 Å². The molecule has 3 N–H and O–H groups in total. The molecule has 2 aliphatic heterocycles. The van der Waals surface area contributed by atoms with Crippen molar-refractivity contribution in [1.82, 2.24) is 5.32 Å². The summed E-state index contributed by atoms with van der Waals surface area (Å²) in [6.45, 7) is 1.97. The minimum atomic E-state index is -4.23. The molecule has 7 nitrogen and oxygen atoms in total. The highest BCUT2D eigenvalue weighted by atomic mass is 35.5. The minimum Gasteiger partial charge on any atom is -0.488 e. The standard InChI is InChI=1S/C24H25ClFN3O4S/c25-14-3-4-20(18(26)7-14)34(31,32)29-15-8-17-21(28-22(30)24(17)5-1-2-6-24)19(9-15)33-16-10-23(11-16)12-27-13-23/h3-4,7-9,16,27,29H,1-2,5-6,10-13H2,(H,28,30). The summed E-state index contributed by atoms with van der Waals surface area (Å²) in [5.41, 5.74) is 1.24. The number of hydrogen-bond acceptors (Lipinski definition) is 5. The minimum absolute atomic E-state index is 0.00352. The van der Waals surface area contributed by atoms with E-state index in [2.05, 4.69) is 15.4 Å². The van der Waals surface area contributed by atoms with E-state index in [9.17, 15) is 17.6 Å². The Morgan fingerprint density at radius 3 is 2.50 bits per heavy atom. The summed E-state index contributed by atoms with van der Waals surface area (Å²) in [6.07, 6.45) is 5.08. The van der Waals surface area contributed by atoms with Crippen molar-refractivity contribution in [2.24, 2.45) is 5.41 Å². The van der Waals surface area contributed by atoms with E-state index in [0.717, 1.165) is 56.5 Å². The third-order valence-electron chi connectivity index (χ3n) is 7.80. The van der Waals surface area contributed by atoms with E-state index in [1.807, 2.05) is 0 Å². The molecular weight excluding hydrogens is 481 g/mol. The Morgan fingerprint density at radius 2 is 1.85 bits per heavy atom. The van der Waals surface area contributed by atoms with Gasteiger partial charge in [0.05, 0.1) is 16.8 Å². The Kier molecular flexibility index (Phi) is 4.92. The number of rotatable bonds is 5. The average molecular weight is 506 g/mol. The maximum atomic E-state index is 14.4. The fourth-order valence-corrected chi connectivity index (χ4v) is 7.20. The van der Waals surface area contributed by atoms with E-state index in [0.29, 0.717) is 29.7 Å². The fraction of sp³-hybridized carbons (Fsp3) is 0.458. The van der Waals surface area contributed by atoms with Crippen molar-refractivity contribution in [3.8, 4) is 5.75 Å².